The van der Waals surface area contributed by atoms with Crippen LogP contribution >= 0.6 is 0 Å². The van der Waals surface area contributed by atoms with Crippen molar-refractivity contribution in [1.29, 1.82) is 0 Å². The number of nitrogens with one attached hydrogen (secondary N) is 1. The molecule has 0 radical (unpaired) electrons. The molecule has 4 rings (SSSR count). The van der Waals surface area contributed by atoms with Crippen LogP contribution in [0.4, 0.5) is 5.69 Å². The van der Waals surface area contributed by atoms with Crippen molar-refractivity contribution in [1.82, 2.24) is 10.3 Å². The number of rotatable bonds is 3. The normalized spacial score (nSPS) is 20.9. The zero-order valence-electron chi connectivity index (χ0n) is 15.1. The minimum Gasteiger partial charge on any atom is -0.495 e. The first kappa shape index (κ1) is 17.5. The van der Waals surface area contributed by atoms with Gasteiger partial charge in [0, 0.05) is 18.2 Å². The van der Waals surface area contributed by atoms with Crippen LogP contribution in [0.2, 0.25) is 0 Å². The molecule has 1 atom stereocenters. The highest BCUT2D eigenvalue weighted by Gasteiger charge is 2.44. The Kier molecular flexibility index (Phi) is 4.31. The van der Waals surface area contributed by atoms with Crippen molar-refractivity contribution in [3.8, 4) is 5.75 Å². The Morgan fingerprint density at radius 2 is 2.11 bits per heavy atom. The maximum atomic E-state index is 12.7. The van der Waals surface area contributed by atoms with Gasteiger partial charge < -0.3 is 10.1 Å². The van der Waals surface area contributed by atoms with Gasteiger partial charge in [-0.15, -0.1) is 0 Å². The highest BCUT2D eigenvalue weighted by molar-refractivity contribution is 6.04. The van der Waals surface area contributed by atoms with E-state index >= 15 is 0 Å². The molecule has 27 heavy (non-hydrogen) atoms. The molecule has 1 saturated heterocycles. The molecule has 1 fully saturated rings. The number of amides is 2. The lowest BCUT2D eigenvalue weighted by atomic mass is 9.70. The summed E-state index contributed by atoms with van der Waals surface area (Å²) in [5.74, 6) is 0.0528. The van der Waals surface area contributed by atoms with E-state index in [1.54, 1.807) is 6.07 Å². The van der Waals surface area contributed by atoms with Gasteiger partial charge >= 0.3 is 0 Å². The lowest BCUT2D eigenvalue weighted by molar-refractivity contribution is -0.128. The van der Waals surface area contributed by atoms with E-state index in [-0.39, 0.29) is 17.0 Å². The molecule has 1 aliphatic carbocycles. The number of hydrogen-bond donors (Lipinski definition) is 2. The molecule has 1 aliphatic heterocycles. The van der Waals surface area contributed by atoms with Crippen LogP contribution in [0.1, 0.15) is 34.3 Å². The van der Waals surface area contributed by atoms with E-state index in [0.717, 1.165) is 36.9 Å². The van der Waals surface area contributed by atoms with E-state index in [1.807, 2.05) is 12.1 Å². The molecule has 0 saturated carbocycles. The van der Waals surface area contributed by atoms with Crippen molar-refractivity contribution < 1.29 is 19.5 Å². The smallest absolute Gasteiger partial charge is 0.282 e. The number of methoxy groups -OCH3 is 1. The first-order valence-electron chi connectivity index (χ1n) is 8.95. The Bertz CT molecular complexity index is 914. The standard InChI is InChI=1S/C20H21N3O4/c1-27-17-9-16(11-21-12-17)23(26)18(24)14-2-3-15-10-20(5-4-13(15)8-14)6-7-22-19(20)25/h2-3,8-9,11-12,26H,4-7,10H2,1H3,(H,22,25)/t20-/m1/s1. The number of aryl methyl sites for hydroxylation is 1. The van der Waals surface area contributed by atoms with Crippen molar-refractivity contribution in [2.45, 2.75) is 25.7 Å². The minimum atomic E-state index is -0.535. The molecule has 2 amide bonds. The number of ether oxygens (including phenoxy) is 1. The average molecular weight is 367 g/mol. The summed E-state index contributed by atoms with van der Waals surface area (Å²) in [6.07, 6.45) is 5.98. The first-order chi connectivity index (χ1) is 13.0. The Morgan fingerprint density at radius 3 is 2.85 bits per heavy atom. The van der Waals surface area contributed by atoms with Gasteiger partial charge in [-0.05, 0) is 48.9 Å². The molecule has 140 valence electrons. The van der Waals surface area contributed by atoms with Gasteiger partial charge in [0.25, 0.3) is 5.91 Å². The molecule has 2 aromatic rings. The second-order valence-corrected chi connectivity index (χ2v) is 7.15. The van der Waals surface area contributed by atoms with Gasteiger partial charge in [0.1, 0.15) is 5.75 Å². The molecule has 7 heteroatoms. The highest BCUT2D eigenvalue weighted by atomic mass is 16.5. The summed E-state index contributed by atoms with van der Waals surface area (Å²) in [6, 6.07) is 6.94. The summed E-state index contributed by atoms with van der Waals surface area (Å²) < 4.78 is 5.08. The van der Waals surface area contributed by atoms with Crippen molar-refractivity contribution in [2.75, 3.05) is 18.7 Å². The predicted octanol–water partition coefficient (Wildman–Crippen LogP) is 2.12. The van der Waals surface area contributed by atoms with Crippen molar-refractivity contribution in [2.24, 2.45) is 5.41 Å². The SMILES string of the molecule is COc1cncc(N(O)C(=O)c2ccc3c(c2)CC[C@@]2(CCNC2=O)C3)c1. The van der Waals surface area contributed by atoms with Gasteiger partial charge in [-0.2, -0.15) is 5.06 Å². The van der Waals surface area contributed by atoms with E-state index in [2.05, 4.69) is 10.3 Å². The van der Waals surface area contributed by atoms with Crippen LogP contribution < -0.4 is 15.1 Å². The third-order valence-electron chi connectivity index (χ3n) is 5.60. The van der Waals surface area contributed by atoms with Gasteiger partial charge in [0.2, 0.25) is 5.91 Å². The molecule has 2 heterocycles. The molecule has 2 aliphatic rings. The summed E-state index contributed by atoms with van der Waals surface area (Å²) >= 11 is 0. The number of pyridine rings is 1. The zero-order chi connectivity index (χ0) is 19.0. The summed E-state index contributed by atoms with van der Waals surface area (Å²) in [6.45, 7) is 0.735. The number of hydroxylamine groups is 1. The van der Waals surface area contributed by atoms with Crippen LogP contribution in [0.25, 0.3) is 0 Å². The van der Waals surface area contributed by atoms with E-state index in [1.165, 1.54) is 25.6 Å². The Hall–Kier alpha value is -2.93. The number of fused-ring (bicyclic) bond motifs is 1. The van der Waals surface area contributed by atoms with Gasteiger partial charge in [-0.25, -0.2) is 0 Å². The number of nitrogens with zero attached hydrogens (tertiary/aromatic N) is 2. The van der Waals surface area contributed by atoms with Crippen LogP contribution in [-0.2, 0) is 17.6 Å². The predicted molar refractivity (Wildman–Crippen MR) is 97.9 cm³/mol. The second-order valence-electron chi connectivity index (χ2n) is 7.15. The van der Waals surface area contributed by atoms with Crippen LogP contribution in [-0.4, -0.2) is 35.7 Å². The molecule has 1 aromatic heterocycles. The average Bonchev–Trinajstić information content (AvgIpc) is 3.06. The molecule has 1 aromatic carbocycles. The van der Waals surface area contributed by atoms with E-state index in [4.69, 9.17) is 4.74 Å². The van der Waals surface area contributed by atoms with E-state index in [9.17, 15) is 14.8 Å². The number of aromatic nitrogens is 1. The molecular weight excluding hydrogens is 346 g/mol. The Labute approximate surface area is 156 Å². The van der Waals surface area contributed by atoms with Crippen LogP contribution in [0.5, 0.6) is 5.75 Å². The van der Waals surface area contributed by atoms with Crippen molar-refractivity contribution in [3.05, 3.63) is 53.3 Å². The maximum Gasteiger partial charge on any atom is 0.282 e. The van der Waals surface area contributed by atoms with E-state index < -0.39 is 5.91 Å². The van der Waals surface area contributed by atoms with Crippen molar-refractivity contribution in [3.63, 3.8) is 0 Å². The van der Waals surface area contributed by atoms with Gasteiger partial charge in [0.15, 0.2) is 0 Å². The maximum absolute atomic E-state index is 12.7. The summed E-state index contributed by atoms with van der Waals surface area (Å²) in [7, 11) is 1.49. The quantitative estimate of drug-likeness (QED) is 0.640. The van der Waals surface area contributed by atoms with Crippen molar-refractivity contribution >= 4 is 17.5 Å². The Morgan fingerprint density at radius 1 is 1.26 bits per heavy atom. The monoisotopic (exact) mass is 367 g/mol. The van der Waals surface area contributed by atoms with E-state index in [0.29, 0.717) is 22.8 Å². The number of hydrogen-bond acceptors (Lipinski definition) is 5. The fourth-order valence-electron chi connectivity index (χ4n) is 3.99. The Balaban J connectivity index is 1.57. The lowest BCUT2D eigenvalue weighted by Crippen LogP contribution is -2.36. The lowest BCUT2D eigenvalue weighted by Gasteiger charge is -2.32. The zero-order valence-corrected chi connectivity index (χ0v) is 15.1. The molecule has 0 unspecified atom stereocenters. The second kappa shape index (κ2) is 6.66. The highest BCUT2D eigenvalue weighted by Crippen LogP contribution is 2.41. The molecular formula is C20H21N3O4. The molecule has 0 bridgehead atoms. The largest absolute Gasteiger partial charge is 0.495 e. The first-order valence-corrected chi connectivity index (χ1v) is 8.95. The topological polar surface area (TPSA) is 91.8 Å². The van der Waals surface area contributed by atoms with Gasteiger partial charge in [0.05, 0.1) is 30.6 Å². The fourth-order valence-corrected chi connectivity index (χ4v) is 3.99. The number of carbonyl (C=O) groups is 2. The molecule has 2 N–H and O–H groups in total. The van der Waals surface area contributed by atoms with Gasteiger partial charge in [-0.3, -0.25) is 19.8 Å². The molecule has 7 nitrogen and oxygen atoms in total. The van der Waals surface area contributed by atoms with Crippen LogP contribution in [0, 0.1) is 5.41 Å². The number of benzene rings is 1. The van der Waals surface area contributed by atoms with Crippen LogP contribution in [0.15, 0.2) is 36.7 Å². The minimum absolute atomic E-state index is 0.139. The third kappa shape index (κ3) is 3.04. The number of anilines is 1. The number of carbonyl (C=O) groups excluding carboxylic acids is 2. The van der Waals surface area contributed by atoms with Gasteiger partial charge in [-0.1, -0.05) is 6.07 Å². The molecule has 1 spiro atoms. The summed E-state index contributed by atoms with van der Waals surface area (Å²) in [5.41, 5.74) is 2.49. The summed E-state index contributed by atoms with van der Waals surface area (Å²) in [5, 5.41) is 13.8. The van der Waals surface area contributed by atoms with Crippen LogP contribution in [0.3, 0.4) is 0 Å². The fraction of sp³-hybridized carbons (Fsp3) is 0.350. The summed E-state index contributed by atoms with van der Waals surface area (Å²) in [4.78, 5) is 28.8. The third-order valence-corrected chi connectivity index (χ3v) is 5.60.